The second-order valence-corrected chi connectivity index (χ2v) is 6.53. The first-order valence-corrected chi connectivity index (χ1v) is 9.14. The second kappa shape index (κ2) is 9.55. The van der Waals surface area contributed by atoms with E-state index in [4.69, 9.17) is 14.7 Å². The number of aryl methyl sites for hydroxylation is 1. The molecule has 0 amide bonds. The zero-order valence-electron chi connectivity index (χ0n) is 15.8. The Kier molecular flexibility index (Phi) is 6.63. The molecule has 0 fully saturated rings. The number of ether oxygens (including phenoxy) is 2. The van der Waals surface area contributed by atoms with Crippen LogP contribution in [-0.4, -0.2) is 24.0 Å². The molecule has 0 spiro atoms. The number of esters is 1. The first-order valence-electron chi connectivity index (χ1n) is 9.14. The number of oxime groups is 1. The highest BCUT2D eigenvalue weighted by Crippen LogP contribution is 2.24. The van der Waals surface area contributed by atoms with Gasteiger partial charge in [-0.05, 0) is 53.8 Å². The summed E-state index contributed by atoms with van der Waals surface area (Å²) >= 11 is 0. The Bertz CT molecular complexity index is 896. The summed E-state index contributed by atoms with van der Waals surface area (Å²) in [6.07, 6.45) is 5.90. The van der Waals surface area contributed by atoms with Gasteiger partial charge in [0.25, 0.3) is 0 Å². The zero-order valence-corrected chi connectivity index (χ0v) is 15.8. The standard InChI is InChI=1S/C23H23NO4/c1-27-23(25)19-10-8-18(9-11-19)16-28-22-14-13-21(24-26)15-20(22)12-7-17-5-3-2-4-6-17/h2-6,8-11,13-14,26H,7,12,15-16H2,1H3. The lowest BCUT2D eigenvalue weighted by Gasteiger charge is -2.18. The number of carbonyl (C=O) groups excluding carboxylic acids is 1. The Balaban J connectivity index is 1.68. The predicted octanol–water partition coefficient (Wildman–Crippen LogP) is 4.67. The van der Waals surface area contributed by atoms with Crippen molar-refractivity contribution in [2.24, 2.45) is 5.16 Å². The normalized spacial score (nSPS) is 15.0. The summed E-state index contributed by atoms with van der Waals surface area (Å²) in [5.41, 5.74) is 4.45. The minimum atomic E-state index is -0.357. The van der Waals surface area contributed by atoms with Gasteiger partial charge in [0.2, 0.25) is 0 Å². The molecular weight excluding hydrogens is 354 g/mol. The number of allylic oxidation sites excluding steroid dienone is 3. The van der Waals surface area contributed by atoms with Crippen LogP contribution in [0.15, 0.2) is 83.2 Å². The molecule has 144 valence electrons. The molecule has 0 aromatic heterocycles. The molecule has 0 unspecified atom stereocenters. The zero-order chi connectivity index (χ0) is 19.8. The summed E-state index contributed by atoms with van der Waals surface area (Å²) in [6, 6.07) is 17.4. The SMILES string of the molecule is COC(=O)c1ccc(COC2=C(CCc3ccccc3)CC(=NO)C=C2)cc1. The molecule has 3 rings (SSSR count). The van der Waals surface area contributed by atoms with E-state index in [0.29, 0.717) is 24.3 Å². The maximum Gasteiger partial charge on any atom is 0.337 e. The molecule has 0 radical (unpaired) electrons. The molecule has 1 aliphatic carbocycles. The highest BCUT2D eigenvalue weighted by Gasteiger charge is 2.15. The van der Waals surface area contributed by atoms with Gasteiger partial charge in [0.05, 0.1) is 18.4 Å². The minimum absolute atomic E-state index is 0.357. The van der Waals surface area contributed by atoms with Crippen LogP contribution < -0.4 is 0 Å². The molecule has 0 saturated carbocycles. The van der Waals surface area contributed by atoms with Gasteiger partial charge in [-0.1, -0.05) is 47.6 Å². The number of benzene rings is 2. The third kappa shape index (κ3) is 5.10. The van der Waals surface area contributed by atoms with Crippen molar-refractivity contribution in [2.45, 2.75) is 25.9 Å². The lowest BCUT2D eigenvalue weighted by Crippen LogP contribution is -2.08. The maximum atomic E-state index is 11.5. The minimum Gasteiger partial charge on any atom is -0.489 e. The summed E-state index contributed by atoms with van der Waals surface area (Å²) in [6.45, 7) is 0.390. The smallest absolute Gasteiger partial charge is 0.337 e. The second-order valence-electron chi connectivity index (χ2n) is 6.53. The molecule has 2 aromatic carbocycles. The summed E-state index contributed by atoms with van der Waals surface area (Å²) in [5, 5.41) is 12.5. The summed E-state index contributed by atoms with van der Waals surface area (Å²) in [7, 11) is 1.36. The van der Waals surface area contributed by atoms with E-state index >= 15 is 0 Å². The maximum absolute atomic E-state index is 11.5. The quantitative estimate of drug-likeness (QED) is 0.433. The van der Waals surface area contributed by atoms with Gasteiger partial charge >= 0.3 is 5.97 Å². The number of methoxy groups -OCH3 is 1. The Morgan fingerprint density at radius 3 is 2.43 bits per heavy atom. The molecule has 5 nitrogen and oxygen atoms in total. The van der Waals surface area contributed by atoms with E-state index in [1.54, 1.807) is 18.2 Å². The van der Waals surface area contributed by atoms with Crippen LogP contribution in [0.2, 0.25) is 0 Å². The monoisotopic (exact) mass is 377 g/mol. The lowest BCUT2D eigenvalue weighted by molar-refractivity contribution is 0.0600. The van der Waals surface area contributed by atoms with Crippen LogP contribution in [0.3, 0.4) is 0 Å². The number of carbonyl (C=O) groups is 1. The van der Waals surface area contributed by atoms with E-state index < -0.39 is 0 Å². The first kappa shape index (κ1) is 19.4. The van der Waals surface area contributed by atoms with Crippen LogP contribution in [0.25, 0.3) is 0 Å². The van der Waals surface area contributed by atoms with Crippen LogP contribution >= 0.6 is 0 Å². The van der Waals surface area contributed by atoms with E-state index in [1.807, 2.05) is 36.4 Å². The molecule has 1 N–H and O–H groups in total. The Morgan fingerprint density at radius 1 is 1.00 bits per heavy atom. The van der Waals surface area contributed by atoms with Crippen LogP contribution in [0.5, 0.6) is 0 Å². The molecule has 1 aliphatic rings. The fraction of sp³-hybridized carbons (Fsp3) is 0.217. The van der Waals surface area contributed by atoms with Crippen molar-refractivity contribution in [1.29, 1.82) is 0 Å². The van der Waals surface area contributed by atoms with Crippen molar-refractivity contribution >= 4 is 11.7 Å². The van der Waals surface area contributed by atoms with Gasteiger partial charge in [0, 0.05) is 6.42 Å². The van der Waals surface area contributed by atoms with Gasteiger partial charge in [-0.3, -0.25) is 0 Å². The Morgan fingerprint density at radius 2 is 1.75 bits per heavy atom. The molecule has 0 heterocycles. The lowest BCUT2D eigenvalue weighted by atomic mass is 9.95. The topological polar surface area (TPSA) is 68.1 Å². The van der Waals surface area contributed by atoms with E-state index in [1.165, 1.54) is 12.7 Å². The highest BCUT2D eigenvalue weighted by molar-refractivity contribution is 5.97. The largest absolute Gasteiger partial charge is 0.489 e. The van der Waals surface area contributed by atoms with Crippen LogP contribution in [0, 0.1) is 0 Å². The molecule has 0 bridgehead atoms. The van der Waals surface area contributed by atoms with Gasteiger partial charge in [-0.2, -0.15) is 0 Å². The average molecular weight is 377 g/mol. The summed E-state index contributed by atoms with van der Waals surface area (Å²) in [4.78, 5) is 11.5. The number of rotatable bonds is 7. The first-order chi connectivity index (χ1) is 13.7. The van der Waals surface area contributed by atoms with Gasteiger partial charge in [0.1, 0.15) is 12.4 Å². The van der Waals surface area contributed by atoms with Gasteiger partial charge in [0.15, 0.2) is 0 Å². The van der Waals surface area contributed by atoms with Crippen molar-refractivity contribution < 1.29 is 19.5 Å². The van der Waals surface area contributed by atoms with Crippen LogP contribution in [-0.2, 0) is 22.5 Å². The molecule has 0 atom stereocenters. The van der Waals surface area contributed by atoms with E-state index in [-0.39, 0.29) is 5.97 Å². The Labute approximate surface area is 164 Å². The summed E-state index contributed by atoms with van der Waals surface area (Å²) in [5.74, 6) is 0.449. The number of hydrogen-bond acceptors (Lipinski definition) is 5. The molecule has 0 aliphatic heterocycles. The molecule has 5 heteroatoms. The van der Waals surface area contributed by atoms with E-state index in [0.717, 1.165) is 29.7 Å². The fourth-order valence-corrected chi connectivity index (χ4v) is 3.04. The third-order valence-corrected chi connectivity index (χ3v) is 4.63. The fourth-order valence-electron chi connectivity index (χ4n) is 3.04. The van der Waals surface area contributed by atoms with Crippen LogP contribution in [0.4, 0.5) is 0 Å². The molecule has 2 aromatic rings. The van der Waals surface area contributed by atoms with Crippen molar-refractivity contribution in [3.8, 4) is 0 Å². The van der Waals surface area contributed by atoms with Gasteiger partial charge in [-0.15, -0.1) is 0 Å². The molecule has 28 heavy (non-hydrogen) atoms. The Hall–Kier alpha value is -3.34. The van der Waals surface area contributed by atoms with Crippen molar-refractivity contribution in [1.82, 2.24) is 0 Å². The number of nitrogens with zero attached hydrogens (tertiary/aromatic N) is 1. The number of hydrogen-bond donors (Lipinski definition) is 1. The van der Waals surface area contributed by atoms with Crippen LogP contribution in [0.1, 0.15) is 34.3 Å². The third-order valence-electron chi connectivity index (χ3n) is 4.63. The predicted molar refractivity (Wildman–Crippen MR) is 107 cm³/mol. The van der Waals surface area contributed by atoms with Gasteiger partial charge in [-0.25, -0.2) is 4.79 Å². The molecule has 0 saturated heterocycles. The summed E-state index contributed by atoms with van der Waals surface area (Å²) < 4.78 is 10.7. The van der Waals surface area contributed by atoms with Gasteiger partial charge < -0.3 is 14.7 Å². The van der Waals surface area contributed by atoms with E-state index in [2.05, 4.69) is 17.3 Å². The highest BCUT2D eigenvalue weighted by atomic mass is 16.5. The van der Waals surface area contributed by atoms with Crippen molar-refractivity contribution in [3.63, 3.8) is 0 Å². The van der Waals surface area contributed by atoms with Crippen molar-refractivity contribution in [3.05, 3.63) is 94.8 Å². The average Bonchev–Trinajstić information content (AvgIpc) is 2.77. The molecular formula is C23H23NO4. The van der Waals surface area contributed by atoms with E-state index in [9.17, 15) is 4.79 Å². The van der Waals surface area contributed by atoms with Crippen molar-refractivity contribution in [2.75, 3.05) is 7.11 Å².